The Hall–Kier alpha value is -3.79. The number of aromatic nitrogens is 3. The summed E-state index contributed by atoms with van der Waals surface area (Å²) in [7, 11) is -1.33. The third-order valence-corrected chi connectivity index (χ3v) is 8.96. The minimum atomic E-state index is -1.33. The zero-order valence-electron chi connectivity index (χ0n) is 23.6. The van der Waals surface area contributed by atoms with Gasteiger partial charge in [-0.2, -0.15) is 0 Å². The normalized spacial score (nSPS) is 15.9. The highest BCUT2D eigenvalue weighted by atomic mass is 32.2. The molecule has 4 heterocycles. The van der Waals surface area contributed by atoms with Crippen LogP contribution in [0.2, 0.25) is 0 Å². The van der Waals surface area contributed by atoms with Crippen LogP contribution in [0, 0.1) is 0 Å². The molecule has 4 aromatic rings. The zero-order valence-corrected chi connectivity index (χ0v) is 24.4. The lowest BCUT2D eigenvalue weighted by Crippen LogP contribution is -2.36. The van der Waals surface area contributed by atoms with E-state index in [9.17, 15) is 14.1 Å². The number of amides is 1. The van der Waals surface area contributed by atoms with Crippen molar-refractivity contribution in [2.75, 3.05) is 13.2 Å². The Bertz CT molecular complexity index is 1540. The van der Waals surface area contributed by atoms with Crippen LogP contribution in [-0.4, -0.2) is 52.4 Å². The predicted molar refractivity (Wildman–Crippen MR) is 161 cm³/mol. The standard InChI is InChI=1S/C32H35N5O3S/c1-32(2,3)41(40)37-21-26-19-27(31(39)35-16-11-22-9-14-33-15-10-22)36-30(29(26)28(37)12-17-38)24-7-4-6-23(18-24)25-8-5-13-34-20-25/h4-10,13-15,18-20,28,38H,11-12,16-17,21H2,1-3H3,(H,35,39)/t28-,41-/m0/s1. The fraction of sp³-hybridized carbons (Fsp3) is 0.312. The van der Waals surface area contributed by atoms with Gasteiger partial charge in [0.05, 0.1) is 16.5 Å². The number of carbonyl (C=O) groups is 1. The Kier molecular flexibility index (Phi) is 8.68. The molecule has 0 fully saturated rings. The Morgan fingerprint density at radius 1 is 1.02 bits per heavy atom. The van der Waals surface area contributed by atoms with Gasteiger partial charge in [-0.15, -0.1) is 0 Å². The van der Waals surface area contributed by atoms with Gasteiger partial charge in [0.15, 0.2) is 0 Å². The molecule has 41 heavy (non-hydrogen) atoms. The molecule has 0 radical (unpaired) electrons. The highest BCUT2D eigenvalue weighted by Gasteiger charge is 2.40. The number of aliphatic hydroxyl groups excluding tert-OH is 1. The Balaban J connectivity index is 1.56. The van der Waals surface area contributed by atoms with Crippen molar-refractivity contribution >= 4 is 16.9 Å². The molecule has 0 bridgehead atoms. The van der Waals surface area contributed by atoms with Crippen molar-refractivity contribution in [3.63, 3.8) is 0 Å². The number of aliphatic hydroxyl groups is 1. The van der Waals surface area contributed by atoms with Gasteiger partial charge in [0, 0.05) is 61.2 Å². The van der Waals surface area contributed by atoms with Crippen LogP contribution in [0.25, 0.3) is 22.4 Å². The van der Waals surface area contributed by atoms with Gasteiger partial charge in [-0.3, -0.25) is 14.8 Å². The van der Waals surface area contributed by atoms with Crippen LogP contribution in [0.15, 0.2) is 79.4 Å². The van der Waals surface area contributed by atoms with Crippen LogP contribution in [-0.2, 0) is 24.0 Å². The van der Waals surface area contributed by atoms with Crippen molar-refractivity contribution in [3.05, 3.63) is 102 Å². The molecule has 2 atom stereocenters. The number of carbonyl (C=O) groups excluding carboxylic acids is 1. The second-order valence-electron chi connectivity index (χ2n) is 11.1. The molecule has 0 unspecified atom stereocenters. The Morgan fingerprint density at radius 3 is 2.49 bits per heavy atom. The lowest BCUT2D eigenvalue weighted by Gasteiger charge is -2.30. The Labute approximate surface area is 243 Å². The topological polar surface area (TPSA) is 108 Å². The van der Waals surface area contributed by atoms with Crippen LogP contribution in [0.3, 0.4) is 0 Å². The summed E-state index contributed by atoms with van der Waals surface area (Å²) in [5.41, 5.74) is 6.67. The van der Waals surface area contributed by atoms with Crippen molar-refractivity contribution in [1.29, 1.82) is 0 Å². The molecule has 212 valence electrons. The summed E-state index contributed by atoms with van der Waals surface area (Å²) in [5.74, 6) is -0.263. The highest BCUT2D eigenvalue weighted by molar-refractivity contribution is 7.84. The number of nitrogens with one attached hydrogen (secondary N) is 1. The summed E-state index contributed by atoms with van der Waals surface area (Å²) >= 11 is 0. The molecule has 5 rings (SSSR count). The molecular formula is C32H35N5O3S. The largest absolute Gasteiger partial charge is 0.396 e. The first-order chi connectivity index (χ1) is 19.8. The number of nitrogens with zero attached hydrogens (tertiary/aromatic N) is 4. The van der Waals surface area contributed by atoms with E-state index in [1.807, 2.05) is 85.9 Å². The average molecular weight is 570 g/mol. The molecule has 1 aliphatic rings. The van der Waals surface area contributed by atoms with E-state index in [1.54, 1.807) is 18.6 Å². The van der Waals surface area contributed by atoms with Crippen LogP contribution in [0.5, 0.6) is 0 Å². The highest BCUT2D eigenvalue weighted by Crippen LogP contribution is 2.44. The molecule has 2 N–H and O–H groups in total. The second-order valence-corrected chi connectivity index (χ2v) is 13.3. The van der Waals surface area contributed by atoms with Gasteiger partial charge in [-0.05, 0) is 80.6 Å². The molecule has 9 heteroatoms. The maximum atomic E-state index is 13.6. The number of hydrogen-bond acceptors (Lipinski definition) is 6. The van der Waals surface area contributed by atoms with Crippen molar-refractivity contribution < 1.29 is 14.1 Å². The summed E-state index contributed by atoms with van der Waals surface area (Å²) in [4.78, 5) is 26.6. The molecule has 0 saturated heterocycles. The quantitative estimate of drug-likeness (QED) is 0.298. The molecule has 3 aromatic heterocycles. The third kappa shape index (κ3) is 6.43. The first kappa shape index (κ1) is 28.7. The minimum Gasteiger partial charge on any atom is -0.396 e. The zero-order chi connectivity index (χ0) is 29.0. The maximum Gasteiger partial charge on any atom is 0.269 e. The smallest absolute Gasteiger partial charge is 0.269 e. The van der Waals surface area contributed by atoms with Crippen molar-refractivity contribution in [1.82, 2.24) is 24.6 Å². The van der Waals surface area contributed by atoms with Gasteiger partial charge >= 0.3 is 0 Å². The van der Waals surface area contributed by atoms with E-state index in [1.165, 1.54) is 0 Å². The van der Waals surface area contributed by atoms with E-state index in [0.29, 0.717) is 37.3 Å². The van der Waals surface area contributed by atoms with E-state index >= 15 is 0 Å². The van der Waals surface area contributed by atoms with Crippen LogP contribution in [0.4, 0.5) is 0 Å². The lowest BCUT2D eigenvalue weighted by molar-refractivity contribution is 0.0949. The first-order valence-corrected chi connectivity index (χ1v) is 14.9. The first-order valence-electron chi connectivity index (χ1n) is 13.8. The molecule has 8 nitrogen and oxygen atoms in total. The molecule has 0 saturated carbocycles. The number of fused-ring (bicyclic) bond motifs is 1. The van der Waals surface area contributed by atoms with Gasteiger partial charge in [-0.1, -0.05) is 24.3 Å². The number of pyridine rings is 3. The van der Waals surface area contributed by atoms with Gasteiger partial charge in [-0.25, -0.2) is 13.5 Å². The van der Waals surface area contributed by atoms with Crippen molar-refractivity contribution in [2.24, 2.45) is 0 Å². The second kappa shape index (κ2) is 12.4. The number of benzene rings is 1. The fourth-order valence-corrected chi connectivity index (χ4v) is 6.55. The number of hydrogen-bond donors (Lipinski definition) is 2. The fourth-order valence-electron chi connectivity index (χ4n) is 5.15. The molecular weight excluding hydrogens is 534 g/mol. The van der Waals surface area contributed by atoms with Crippen LogP contribution in [0.1, 0.15) is 60.4 Å². The van der Waals surface area contributed by atoms with Crippen molar-refractivity contribution in [2.45, 2.75) is 50.9 Å². The van der Waals surface area contributed by atoms with E-state index in [-0.39, 0.29) is 18.6 Å². The van der Waals surface area contributed by atoms with Crippen LogP contribution < -0.4 is 5.32 Å². The van der Waals surface area contributed by atoms with Gasteiger partial charge in [0.1, 0.15) is 16.7 Å². The summed E-state index contributed by atoms with van der Waals surface area (Å²) < 4.78 is 15.1. The van der Waals surface area contributed by atoms with Crippen LogP contribution >= 0.6 is 0 Å². The lowest BCUT2D eigenvalue weighted by atomic mass is 9.94. The monoisotopic (exact) mass is 569 g/mol. The van der Waals surface area contributed by atoms with Crippen molar-refractivity contribution in [3.8, 4) is 22.4 Å². The third-order valence-electron chi connectivity index (χ3n) is 7.10. The summed E-state index contributed by atoms with van der Waals surface area (Å²) in [6.45, 7) is 6.63. The van der Waals surface area contributed by atoms with Gasteiger partial charge in [0.25, 0.3) is 5.91 Å². The minimum absolute atomic E-state index is 0.0612. The van der Waals surface area contributed by atoms with E-state index < -0.39 is 15.7 Å². The van der Waals surface area contributed by atoms with E-state index in [2.05, 4.69) is 15.3 Å². The average Bonchev–Trinajstić information content (AvgIpc) is 3.35. The SMILES string of the molecule is CC(C)(C)[S@](=O)N1Cc2cc(C(=O)NCCc3ccncc3)nc(-c3cccc(-c4cccnc4)c3)c2[C@@H]1CCO. The summed E-state index contributed by atoms with van der Waals surface area (Å²) in [5, 5.41) is 13.0. The number of rotatable bonds is 9. The molecule has 1 aromatic carbocycles. The van der Waals surface area contributed by atoms with Gasteiger partial charge < -0.3 is 10.4 Å². The van der Waals surface area contributed by atoms with E-state index in [0.717, 1.165) is 33.4 Å². The van der Waals surface area contributed by atoms with E-state index in [4.69, 9.17) is 4.98 Å². The summed E-state index contributed by atoms with van der Waals surface area (Å²) in [6.07, 6.45) is 8.11. The molecule has 1 aliphatic heterocycles. The Morgan fingerprint density at radius 2 is 1.78 bits per heavy atom. The molecule has 0 aliphatic carbocycles. The predicted octanol–water partition coefficient (Wildman–Crippen LogP) is 4.88. The van der Waals surface area contributed by atoms with Gasteiger partial charge in [0.2, 0.25) is 0 Å². The summed E-state index contributed by atoms with van der Waals surface area (Å²) in [6, 6.07) is 17.3. The molecule has 1 amide bonds. The molecule has 0 spiro atoms. The maximum absolute atomic E-state index is 13.6.